The monoisotopic (exact) mass is 332 g/mol. The molecule has 2 N–H and O–H groups in total. The van der Waals surface area contributed by atoms with Crippen LogP contribution in [0.1, 0.15) is 47.4 Å². The topological polar surface area (TPSA) is 93.1 Å². The van der Waals surface area contributed by atoms with Crippen molar-refractivity contribution in [2.75, 3.05) is 13.2 Å². The van der Waals surface area contributed by atoms with E-state index in [1.54, 1.807) is 24.3 Å². The van der Waals surface area contributed by atoms with Gasteiger partial charge in [-0.05, 0) is 12.8 Å². The van der Waals surface area contributed by atoms with Crippen LogP contribution in [0.3, 0.4) is 0 Å². The highest BCUT2D eigenvalue weighted by atomic mass is 16.5. The molecule has 0 aliphatic heterocycles. The Morgan fingerprint density at radius 1 is 0.833 bits per heavy atom. The van der Waals surface area contributed by atoms with E-state index < -0.39 is 11.9 Å². The van der Waals surface area contributed by atoms with Crippen LogP contribution < -0.4 is 9.47 Å². The predicted octanol–water partition coefficient (Wildman–Crippen LogP) is 3.81. The van der Waals surface area contributed by atoms with Crippen molar-refractivity contribution in [1.29, 1.82) is 0 Å². The van der Waals surface area contributed by atoms with Gasteiger partial charge in [-0.3, -0.25) is 0 Å². The molecule has 6 nitrogen and oxygen atoms in total. The molecule has 0 saturated heterocycles. The van der Waals surface area contributed by atoms with Crippen LogP contribution in [0.2, 0.25) is 0 Å². The second kappa shape index (κ2) is 7.68. The van der Waals surface area contributed by atoms with E-state index in [1.807, 2.05) is 13.8 Å². The maximum absolute atomic E-state index is 11.8. The Morgan fingerprint density at radius 3 is 1.50 bits per heavy atom. The summed E-state index contributed by atoms with van der Waals surface area (Å²) in [5.74, 6) is -2.57. The maximum Gasteiger partial charge on any atom is 0.340 e. The predicted molar refractivity (Wildman–Crippen MR) is 89.4 cm³/mol. The summed E-state index contributed by atoms with van der Waals surface area (Å²) >= 11 is 0. The second-order valence-electron chi connectivity index (χ2n) is 5.26. The molecule has 2 aromatic carbocycles. The minimum absolute atomic E-state index is 0.0706. The van der Waals surface area contributed by atoms with Crippen molar-refractivity contribution < 1.29 is 29.3 Å². The summed E-state index contributed by atoms with van der Waals surface area (Å²) in [4.78, 5) is 23.6. The normalized spacial score (nSPS) is 10.6. The minimum atomic E-state index is -1.36. The van der Waals surface area contributed by atoms with Crippen LogP contribution in [0.25, 0.3) is 10.8 Å². The third-order valence-corrected chi connectivity index (χ3v) is 3.45. The van der Waals surface area contributed by atoms with Crippen LogP contribution in [-0.2, 0) is 0 Å². The Morgan fingerprint density at radius 2 is 1.21 bits per heavy atom. The fourth-order valence-electron chi connectivity index (χ4n) is 2.49. The SMILES string of the molecule is CCCOc1c(C(=O)O)c(C(=O)O)c(OCCC)c2ccccc12. The van der Waals surface area contributed by atoms with Gasteiger partial charge in [-0.1, -0.05) is 38.1 Å². The average molecular weight is 332 g/mol. The number of carboxylic acid groups (broad SMARTS) is 2. The fourth-order valence-corrected chi connectivity index (χ4v) is 2.49. The van der Waals surface area contributed by atoms with Crippen molar-refractivity contribution in [3.8, 4) is 11.5 Å². The molecule has 0 atom stereocenters. The van der Waals surface area contributed by atoms with Crippen molar-refractivity contribution >= 4 is 22.7 Å². The first-order chi connectivity index (χ1) is 11.5. The van der Waals surface area contributed by atoms with E-state index in [-0.39, 0.29) is 22.6 Å². The summed E-state index contributed by atoms with van der Waals surface area (Å²) in [6.45, 7) is 4.36. The van der Waals surface area contributed by atoms with Crippen LogP contribution in [-0.4, -0.2) is 35.4 Å². The molecule has 0 heterocycles. The first-order valence-corrected chi connectivity index (χ1v) is 7.83. The standard InChI is InChI=1S/C18H20O6/c1-3-9-23-15-11-7-5-6-8-12(11)16(24-10-4-2)14(18(21)22)13(15)17(19)20/h5-8H,3-4,9-10H2,1-2H3,(H,19,20)(H,21,22). The van der Waals surface area contributed by atoms with Gasteiger partial charge in [-0.25, -0.2) is 9.59 Å². The molecule has 0 aromatic heterocycles. The van der Waals surface area contributed by atoms with E-state index in [2.05, 4.69) is 0 Å². The molecule has 0 aliphatic rings. The highest BCUT2D eigenvalue weighted by Crippen LogP contribution is 2.41. The Kier molecular flexibility index (Phi) is 5.63. The lowest BCUT2D eigenvalue weighted by Gasteiger charge is -2.18. The molecule has 0 fully saturated rings. The Balaban J connectivity index is 2.89. The van der Waals surface area contributed by atoms with Gasteiger partial charge in [0, 0.05) is 10.8 Å². The molecule has 0 saturated carbocycles. The molecule has 128 valence electrons. The van der Waals surface area contributed by atoms with E-state index in [0.717, 1.165) is 0 Å². The van der Waals surface area contributed by atoms with E-state index in [0.29, 0.717) is 36.8 Å². The first kappa shape index (κ1) is 17.6. The fraction of sp³-hybridized carbons (Fsp3) is 0.333. The second-order valence-corrected chi connectivity index (χ2v) is 5.26. The number of carbonyl (C=O) groups is 2. The molecule has 0 bridgehead atoms. The Bertz CT molecular complexity index is 701. The quantitative estimate of drug-likeness (QED) is 0.763. The summed E-state index contributed by atoms with van der Waals surface area (Å²) in [7, 11) is 0. The zero-order valence-electron chi connectivity index (χ0n) is 13.7. The van der Waals surface area contributed by atoms with Crippen molar-refractivity contribution in [3.05, 3.63) is 35.4 Å². The van der Waals surface area contributed by atoms with Crippen LogP contribution in [0.4, 0.5) is 0 Å². The van der Waals surface area contributed by atoms with Gasteiger partial charge < -0.3 is 19.7 Å². The Labute approximate surface area is 139 Å². The van der Waals surface area contributed by atoms with Crippen molar-refractivity contribution in [3.63, 3.8) is 0 Å². The summed E-state index contributed by atoms with van der Waals surface area (Å²) < 4.78 is 11.2. The van der Waals surface area contributed by atoms with E-state index in [9.17, 15) is 19.8 Å². The summed E-state index contributed by atoms with van der Waals surface area (Å²) in [6, 6.07) is 6.90. The Hall–Kier alpha value is -2.76. The van der Waals surface area contributed by atoms with E-state index in [4.69, 9.17) is 9.47 Å². The molecule has 0 spiro atoms. The van der Waals surface area contributed by atoms with E-state index >= 15 is 0 Å². The number of ether oxygens (including phenoxy) is 2. The summed E-state index contributed by atoms with van der Waals surface area (Å²) in [5, 5.41) is 20.3. The largest absolute Gasteiger partial charge is 0.492 e. The minimum Gasteiger partial charge on any atom is -0.492 e. The molecule has 2 aromatic rings. The molecule has 0 unspecified atom stereocenters. The van der Waals surface area contributed by atoms with Crippen molar-refractivity contribution in [1.82, 2.24) is 0 Å². The maximum atomic E-state index is 11.8. The lowest BCUT2D eigenvalue weighted by Crippen LogP contribution is -2.15. The molecule has 0 radical (unpaired) electrons. The van der Waals surface area contributed by atoms with Gasteiger partial charge in [0.25, 0.3) is 0 Å². The summed E-state index contributed by atoms with van der Waals surface area (Å²) in [5.41, 5.74) is -0.749. The molecule has 0 aliphatic carbocycles. The number of rotatable bonds is 8. The molecule has 24 heavy (non-hydrogen) atoms. The number of hydrogen-bond donors (Lipinski definition) is 2. The molecular weight excluding hydrogens is 312 g/mol. The van der Waals surface area contributed by atoms with Crippen LogP contribution in [0, 0.1) is 0 Å². The van der Waals surface area contributed by atoms with Crippen LogP contribution >= 0.6 is 0 Å². The molecule has 6 heteroatoms. The van der Waals surface area contributed by atoms with Crippen LogP contribution in [0.5, 0.6) is 11.5 Å². The molecular formula is C18H20O6. The number of benzene rings is 2. The number of fused-ring (bicyclic) bond motifs is 1. The average Bonchev–Trinajstić information content (AvgIpc) is 2.56. The van der Waals surface area contributed by atoms with Gasteiger partial charge in [-0.2, -0.15) is 0 Å². The number of aromatic carboxylic acids is 2. The highest BCUT2D eigenvalue weighted by Gasteiger charge is 2.30. The van der Waals surface area contributed by atoms with Crippen LogP contribution in [0.15, 0.2) is 24.3 Å². The number of hydrogen-bond acceptors (Lipinski definition) is 4. The van der Waals surface area contributed by atoms with Crippen molar-refractivity contribution in [2.24, 2.45) is 0 Å². The molecule has 2 rings (SSSR count). The van der Waals surface area contributed by atoms with Crippen molar-refractivity contribution in [2.45, 2.75) is 26.7 Å². The summed E-state index contributed by atoms with van der Waals surface area (Å²) in [6.07, 6.45) is 1.34. The van der Waals surface area contributed by atoms with Gasteiger partial charge in [0.15, 0.2) is 0 Å². The lowest BCUT2D eigenvalue weighted by atomic mass is 9.97. The van der Waals surface area contributed by atoms with Gasteiger partial charge in [0.05, 0.1) is 13.2 Å². The lowest BCUT2D eigenvalue weighted by molar-refractivity contribution is 0.0644. The third-order valence-electron chi connectivity index (χ3n) is 3.45. The molecule has 0 amide bonds. The smallest absolute Gasteiger partial charge is 0.340 e. The van der Waals surface area contributed by atoms with E-state index in [1.165, 1.54) is 0 Å². The number of carboxylic acids is 2. The van der Waals surface area contributed by atoms with Gasteiger partial charge in [0.2, 0.25) is 0 Å². The first-order valence-electron chi connectivity index (χ1n) is 7.83. The highest BCUT2D eigenvalue weighted by molar-refractivity contribution is 6.13. The van der Waals surface area contributed by atoms with Gasteiger partial charge in [0.1, 0.15) is 22.6 Å². The zero-order chi connectivity index (χ0) is 17.7. The zero-order valence-corrected chi connectivity index (χ0v) is 13.7. The van der Waals surface area contributed by atoms with Gasteiger partial charge >= 0.3 is 11.9 Å². The van der Waals surface area contributed by atoms with Gasteiger partial charge in [-0.15, -0.1) is 0 Å². The third kappa shape index (κ3) is 3.27.